The Bertz CT molecular complexity index is 964. The van der Waals surface area contributed by atoms with Crippen molar-refractivity contribution in [2.24, 2.45) is 0 Å². The van der Waals surface area contributed by atoms with Gasteiger partial charge in [0.05, 0.1) is 5.25 Å². The van der Waals surface area contributed by atoms with Gasteiger partial charge in [-0.25, -0.2) is 4.39 Å². The third kappa shape index (κ3) is 4.90. The molecule has 3 amide bonds. The van der Waals surface area contributed by atoms with Crippen molar-refractivity contribution >= 4 is 29.5 Å². The van der Waals surface area contributed by atoms with Gasteiger partial charge in [-0.15, -0.1) is 11.8 Å². The standard InChI is InChI=1S/C23H24FN3O3S/c24-18-9-5-4-8-17(18)14-20-21(28)25-19(15-31-20)23(30)27-12-10-26(11-13-27)22(29)16-6-2-1-3-7-16/h1-9,19-20H,10-15H2,(H,25,28)/t19-,20+/m0/s1. The topological polar surface area (TPSA) is 69.7 Å². The Morgan fingerprint density at radius 3 is 2.29 bits per heavy atom. The van der Waals surface area contributed by atoms with Crippen molar-refractivity contribution in [3.8, 4) is 0 Å². The third-order valence-electron chi connectivity index (χ3n) is 5.63. The first kappa shape index (κ1) is 21.4. The molecule has 0 spiro atoms. The number of nitrogens with zero attached hydrogens (tertiary/aromatic N) is 2. The molecule has 1 N–H and O–H groups in total. The van der Waals surface area contributed by atoms with E-state index in [0.29, 0.717) is 49.5 Å². The van der Waals surface area contributed by atoms with Crippen LogP contribution in [0.1, 0.15) is 15.9 Å². The fraction of sp³-hybridized carbons (Fsp3) is 0.348. The zero-order valence-electron chi connectivity index (χ0n) is 17.0. The van der Waals surface area contributed by atoms with E-state index in [9.17, 15) is 18.8 Å². The van der Waals surface area contributed by atoms with Crippen molar-refractivity contribution in [1.82, 2.24) is 15.1 Å². The summed E-state index contributed by atoms with van der Waals surface area (Å²) in [6, 6.07) is 14.9. The smallest absolute Gasteiger partial charge is 0.253 e. The van der Waals surface area contributed by atoms with E-state index in [1.54, 1.807) is 40.1 Å². The first-order chi connectivity index (χ1) is 15.0. The lowest BCUT2D eigenvalue weighted by atomic mass is 10.1. The predicted molar refractivity (Wildman–Crippen MR) is 117 cm³/mol. The van der Waals surface area contributed by atoms with Crippen LogP contribution in [-0.2, 0) is 16.0 Å². The van der Waals surface area contributed by atoms with Gasteiger partial charge in [-0.1, -0.05) is 36.4 Å². The molecule has 4 rings (SSSR count). The molecule has 0 saturated carbocycles. The summed E-state index contributed by atoms with van der Waals surface area (Å²) >= 11 is 1.39. The van der Waals surface area contributed by atoms with Gasteiger partial charge in [-0.05, 0) is 30.2 Å². The Morgan fingerprint density at radius 2 is 1.61 bits per heavy atom. The highest BCUT2D eigenvalue weighted by atomic mass is 32.2. The molecule has 2 aromatic carbocycles. The second-order valence-electron chi connectivity index (χ2n) is 7.66. The largest absolute Gasteiger partial charge is 0.343 e. The minimum atomic E-state index is -0.592. The SMILES string of the molecule is O=C1N[C@H](C(=O)N2CCN(C(=O)c3ccccc3)CC2)CS[C@@H]1Cc1ccccc1F. The van der Waals surface area contributed by atoms with Crippen molar-refractivity contribution in [3.63, 3.8) is 0 Å². The van der Waals surface area contributed by atoms with Crippen LogP contribution in [0.15, 0.2) is 54.6 Å². The fourth-order valence-corrected chi connectivity index (χ4v) is 5.02. The molecule has 2 heterocycles. The molecule has 0 aromatic heterocycles. The quantitative estimate of drug-likeness (QED) is 0.788. The molecule has 0 radical (unpaired) electrons. The first-order valence-electron chi connectivity index (χ1n) is 10.3. The van der Waals surface area contributed by atoms with Gasteiger partial charge in [0.15, 0.2) is 0 Å². The lowest BCUT2D eigenvalue weighted by molar-refractivity contribution is -0.137. The highest BCUT2D eigenvalue weighted by Gasteiger charge is 2.36. The van der Waals surface area contributed by atoms with Crippen molar-refractivity contribution in [2.75, 3.05) is 31.9 Å². The fourth-order valence-electron chi connectivity index (χ4n) is 3.86. The molecular formula is C23H24FN3O3S. The number of piperazine rings is 1. The van der Waals surface area contributed by atoms with Crippen LogP contribution in [0.5, 0.6) is 0 Å². The van der Waals surface area contributed by atoms with Crippen LogP contribution >= 0.6 is 11.8 Å². The van der Waals surface area contributed by atoms with E-state index in [1.165, 1.54) is 17.8 Å². The molecule has 31 heavy (non-hydrogen) atoms. The van der Waals surface area contributed by atoms with Crippen LogP contribution < -0.4 is 5.32 Å². The molecule has 0 aliphatic carbocycles. The Kier molecular flexibility index (Phi) is 6.56. The monoisotopic (exact) mass is 441 g/mol. The molecule has 2 aliphatic rings. The van der Waals surface area contributed by atoms with Crippen LogP contribution in [0.4, 0.5) is 4.39 Å². The predicted octanol–water partition coefficient (Wildman–Crippen LogP) is 1.95. The lowest BCUT2D eigenvalue weighted by Crippen LogP contribution is -2.59. The molecule has 6 nitrogen and oxygen atoms in total. The summed E-state index contributed by atoms with van der Waals surface area (Å²) in [5.74, 6) is -0.276. The van der Waals surface area contributed by atoms with Crippen LogP contribution in [0.25, 0.3) is 0 Å². The highest BCUT2D eigenvalue weighted by Crippen LogP contribution is 2.24. The number of amides is 3. The maximum absolute atomic E-state index is 13.9. The van der Waals surface area contributed by atoms with Gasteiger partial charge in [0.1, 0.15) is 11.9 Å². The van der Waals surface area contributed by atoms with E-state index >= 15 is 0 Å². The normalized spacial score (nSPS) is 21.5. The lowest BCUT2D eigenvalue weighted by Gasteiger charge is -2.38. The van der Waals surface area contributed by atoms with Gasteiger partial charge < -0.3 is 15.1 Å². The second-order valence-corrected chi connectivity index (χ2v) is 8.90. The summed E-state index contributed by atoms with van der Waals surface area (Å²) < 4.78 is 13.9. The van der Waals surface area contributed by atoms with Crippen molar-refractivity contribution in [3.05, 3.63) is 71.5 Å². The maximum atomic E-state index is 13.9. The number of carbonyl (C=O) groups is 3. The van der Waals surface area contributed by atoms with Gasteiger partial charge in [0, 0.05) is 37.5 Å². The number of thioether (sulfide) groups is 1. The van der Waals surface area contributed by atoms with E-state index < -0.39 is 11.3 Å². The Labute approximate surface area is 184 Å². The zero-order valence-corrected chi connectivity index (χ0v) is 17.8. The molecule has 2 fully saturated rings. The average molecular weight is 442 g/mol. The number of rotatable bonds is 4. The molecule has 0 unspecified atom stereocenters. The van der Waals surface area contributed by atoms with E-state index in [4.69, 9.17) is 0 Å². The number of hydrogen-bond donors (Lipinski definition) is 1. The molecular weight excluding hydrogens is 417 g/mol. The van der Waals surface area contributed by atoms with Gasteiger partial charge >= 0.3 is 0 Å². The van der Waals surface area contributed by atoms with Crippen LogP contribution in [0, 0.1) is 5.82 Å². The zero-order chi connectivity index (χ0) is 21.8. The van der Waals surface area contributed by atoms with Crippen LogP contribution in [0.2, 0.25) is 0 Å². The third-order valence-corrected chi connectivity index (χ3v) is 6.94. The minimum absolute atomic E-state index is 0.0368. The number of benzene rings is 2. The highest BCUT2D eigenvalue weighted by molar-refractivity contribution is 8.00. The number of halogens is 1. The average Bonchev–Trinajstić information content (AvgIpc) is 2.81. The summed E-state index contributed by atoms with van der Waals surface area (Å²) in [5.41, 5.74) is 1.14. The van der Waals surface area contributed by atoms with Crippen LogP contribution in [-0.4, -0.2) is 70.7 Å². The van der Waals surface area contributed by atoms with E-state index in [-0.39, 0.29) is 23.5 Å². The molecule has 162 valence electrons. The van der Waals surface area contributed by atoms with E-state index in [1.807, 2.05) is 18.2 Å². The Morgan fingerprint density at radius 1 is 0.968 bits per heavy atom. The summed E-state index contributed by atoms with van der Waals surface area (Å²) in [6.07, 6.45) is 0.296. The first-order valence-corrected chi connectivity index (χ1v) is 11.4. The summed E-state index contributed by atoms with van der Waals surface area (Å²) in [4.78, 5) is 41.4. The summed E-state index contributed by atoms with van der Waals surface area (Å²) in [6.45, 7) is 1.80. The molecule has 2 aromatic rings. The molecule has 2 saturated heterocycles. The second kappa shape index (κ2) is 9.51. The summed E-state index contributed by atoms with van der Waals surface area (Å²) in [7, 11) is 0. The molecule has 2 atom stereocenters. The van der Waals surface area contributed by atoms with Crippen molar-refractivity contribution < 1.29 is 18.8 Å². The maximum Gasteiger partial charge on any atom is 0.253 e. The van der Waals surface area contributed by atoms with Gasteiger partial charge in [0.2, 0.25) is 11.8 Å². The molecule has 8 heteroatoms. The van der Waals surface area contributed by atoms with E-state index in [2.05, 4.69) is 5.32 Å². The number of nitrogens with one attached hydrogen (secondary N) is 1. The van der Waals surface area contributed by atoms with Crippen molar-refractivity contribution in [1.29, 1.82) is 0 Å². The summed E-state index contributed by atoms with van der Waals surface area (Å²) in [5, 5.41) is 2.39. The molecule has 0 bridgehead atoms. The minimum Gasteiger partial charge on any atom is -0.343 e. The van der Waals surface area contributed by atoms with Crippen molar-refractivity contribution in [2.45, 2.75) is 17.7 Å². The number of hydrogen-bond acceptors (Lipinski definition) is 4. The van der Waals surface area contributed by atoms with E-state index in [0.717, 1.165) is 0 Å². The Balaban J connectivity index is 1.29. The van der Waals surface area contributed by atoms with Crippen LogP contribution in [0.3, 0.4) is 0 Å². The molecule has 2 aliphatic heterocycles. The van der Waals surface area contributed by atoms with Gasteiger partial charge in [-0.3, -0.25) is 14.4 Å². The number of carbonyl (C=O) groups excluding carboxylic acids is 3. The Hall–Kier alpha value is -2.87. The van der Waals surface area contributed by atoms with Gasteiger partial charge in [-0.2, -0.15) is 0 Å². The van der Waals surface area contributed by atoms with Gasteiger partial charge in [0.25, 0.3) is 5.91 Å².